The van der Waals surface area contributed by atoms with E-state index in [9.17, 15) is 0 Å². The highest BCUT2D eigenvalue weighted by atomic mass is 15.2. The van der Waals surface area contributed by atoms with Crippen LogP contribution in [0.25, 0.3) is 0 Å². The lowest BCUT2D eigenvalue weighted by atomic mass is 10.2. The van der Waals surface area contributed by atoms with Crippen LogP contribution in [-0.2, 0) is 6.54 Å². The second kappa shape index (κ2) is 6.75. The average Bonchev–Trinajstić information content (AvgIpc) is 3.03. The van der Waals surface area contributed by atoms with Crippen molar-refractivity contribution in [2.75, 3.05) is 25.5 Å². The first-order chi connectivity index (χ1) is 9.20. The quantitative estimate of drug-likeness (QED) is 0.767. The molecule has 1 aromatic rings. The number of nitrogens with one attached hydrogen (secondary N) is 1. The van der Waals surface area contributed by atoms with Gasteiger partial charge in [-0.1, -0.05) is 18.9 Å². The van der Waals surface area contributed by atoms with Crippen molar-refractivity contribution < 1.29 is 0 Å². The zero-order valence-electron chi connectivity index (χ0n) is 12.2. The third-order valence-corrected chi connectivity index (χ3v) is 3.94. The predicted octanol–water partition coefficient (Wildman–Crippen LogP) is 2.66. The van der Waals surface area contributed by atoms with Crippen LogP contribution in [0.2, 0.25) is 0 Å². The molecule has 1 aliphatic carbocycles. The maximum Gasteiger partial charge on any atom is 0.203 e. The second-order valence-corrected chi connectivity index (χ2v) is 5.49. The molecule has 0 spiro atoms. The lowest BCUT2D eigenvalue weighted by Gasteiger charge is -2.24. The summed E-state index contributed by atoms with van der Waals surface area (Å²) in [6.07, 6.45) is 9.49. The van der Waals surface area contributed by atoms with Gasteiger partial charge in [0.05, 0.1) is 5.69 Å². The second-order valence-electron chi connectivity index (χ2n) is 5.49. The van der Waals surface area contributed by atoms with E-state index >= 15 is 0 Å². The van der Waals surface area contributed by atoms with E-state index in [4.69, 9.17) is 0 Å². The van der Waals surface area contributed by atoms with Crippen LogP contribution in [-0.4, -0.2) is 40.6 Å². The number of hydrogen-bond acceptors (Lipinski definition) is 3. The van der Waals surface area contributed by atoms with Gasteiger partial charge in [-0.15, -0.1) is 6.58 Å². The molecule has 1 fully saturated rings. The van der Waals surface area contributed by atoms with Crippen LogP contribution < -0.4 is 5.32 Å². The molecule has 0 aliphatic heterocycles. The van der Waals surface area contributed by atoms with Crippen LogP contribution in [0.4, 0.5) is 5.95 Å². The largest absolute Gasteiger partial charge is 0.352 e. The van der Waals surface area contributed by atoms with Crippen LogP contribution in [0.1, 0.15) is 31.4 Å². The zero-order valence-corrected chi connectivity index (χ0v) is 12.2. The van der Waals surface area contributed by atoms with E-state index in [1.54, 1.807) is 0 Å². The third kappa shape index (κ3) is 3.83. The topological polar surface area (TPSA) is 33.1 Å². The number of hydrogen-bond donors (Lipinski definition) is 1. The normalized spacial score (nSPS) is 16.2. The minimum atomic E-state index is 0.759. The van der Waals surface area contributed by atoms with E-state index in [0.29, 0.717) is 0 Å². The highest BCUT2D eigenvalue weighted by molar-refractivity contribution is 5.29. The first-order valence-electron chi connectivity index (χ1n) is 7.29. The Labute approximate surface area is 116 Å². The van der Waals surface area contributed by atoms with Crippen molar-refractivity contribution in [3.05, 3.63) is 24.5 Å². The molecule has 4 nitrogen and oxygen atoms in total. The van der Waals surface area contributed by atoms with Crippen molar-refractivity contribution in [1.82, 2.24) is 14.5 Å². The molecule has 0 amide bonds. The molecule has 0 aromatic carbocycles. The Kier molecular flexibility index (Phi) is 5.02. The lowest BCUT2D eigenvalue weighted by Crippen LogP contribution is -2.32. The maximum absolute atomic E-state index is 4.51. The molecule has 19 heavy (non-hydrogen) atoms. The molecule has 4 heteroatoms. The van der Waals surface area contributed by atoms with Crippen molar-refractivity contribution in [2.24, 2.45) is 0 Å². The van der Waals surface area contributed by atoms with Crippen LogP contribution in [0.5, 0.6) is 0 Å². The number of likely N-dealkylation sites (N-methyl/N-ethyl adjacent to an activating group) is 1. The summed E-state index contributed by atoms with van der Waals surface area (Å²) in [7, 11) is 2.25. The third-order valence-electron chi connectivity index (χ3n) is 3.94. The van der Waals surface area contributed by atoms with Crippen molar-refractivity contribution in [1.29, 1.82) is 0 Å². The van der Waals surface area contributed by atoms with Crippen LogP contribution in [0, 0.1) is 6.92 Å². The average molecular weight is 262 g/mol. The molecular weight excluding hydrogens is 236 g/mol. The van der Waals surface area contributed by atoms with Crippen LogP contribution in [0.3, 0.4) is 0 Å². The highest BCUT2D eigenvalue weighted by Gasteiger charge is 2.19. The number of aryl methyl sites for hydroxylation is 1. The summed E-state index contributed by atoms with van der Waals surface area (Å²) in [5.74, 6) is 0.956. The molecule has 0 bridgehead atoms. The fourth-order valence-corrected chi connectivity index (χ4v) is 2.81. The molecule has 0 unspecified atom stereocenters. The number of anilines is 1. The van der Waals surface area contributed by atoms with Gasteiger partial charge in [0.15, 0.2) is 0 Å². The molecule has 0 radical (unpaired) electrons. The summed E-state index contributed by atoms with van der Waals surface area (Å²) in [5.41, 5.74) is 1.06. The van der Waals surface area contributed by atoms with E-state index in [0.717, 1.165) is 37.3 Å². The van der Waals surface area contributed by atoms with E-state index in [2.05, 4.69) is 39.6 Å². The van der Waals surface area contributed by atoms with Gasteiger partial charge in [0.1, 0.15) is 0 Å². The zero-order chi connectivity index (χ0) is 13.7. The van der Waals surface area contributed by atoms with Crippen LogP contribution >= 0.6 is 0 Å². The Morgan fingerprint density at radius 2 is 2.26 bits per heavy atom. The van der Waals surface area contributed by atoms with Gasteiger partial charge in [-0.05, 0) is 26.8 Å². The Balaban J connectivity index is 1.88. The number of aromatic nitrogens is 2. The first-order valence-corrected chi connectivity index (χ1v) is 7.29. The predicted molar refractivity (Wildman–Crippen MR) is 80.5 cm³/mol. The summed E-state index contributed by atoms with van der Waals surface area (Å²) < 4.78 is 2.21. The van der Waals surface area contributed by atoms with E-state index < -0.39 is 0 Å². The number of nitrogens with zero attached hydrogens (tertiary/aromatic N) is 3. The minimum absolute atomic E-state index is 0.759. The van der Waals surface area contributed by atoms with E-state index in [1.807, 2.05) is 13.0 Å². The monoisotopic (exact) mass is 262 g/mol. The molecule has 1 saturated carbocycles. The molecule has 106 valence electrons. The van der Waals surface area contributed by atoms with Crippen LogP contribution in [0.15, 0.2) is 18.9 Å². The number of imidazole rings is 1. The molecule has 0 atom stereocenters. The highest BCUT2D eigenvalue weighted by Crippen LogP contribution is 2.22. The molecule has 1 N–H and O–H groups in total. The summed E-state index contributed by atoms with van der Waals surface area (Å²) in [4.78, 5) is 7.01. The lowest BCUT2D eigenvalue weighted by molar-refractivity contribution is 0.237. The summed E-state index contributed by atoms with van der Waals surface area (Å²) in [5, 5.41) is 3.29. The van der Waals surface area contributed by atoms with Crippen molar-refractivity contribution in [3.8, 4) is 0 Å². The Bertz CT molecular complexity index is 404. The standard InChI is InChI=1S/C15H26N4/c1-4-9-16-15-17-13(2)12-19(15)11-10-18(3)14-7-5-6-8-14/h4,12,14H,1,5-11H2,2-3H3,(H,16,17). The van der Waals surface area contributed by atoms with Gasteiger partial charge in [0.25, 0.3) is 0 Å². The van der Waals surface area contributed by atoms with Crippen molar-refractivity contribution >= 4 is 5.95 Å². The fourth-order valence-electron chi connectivity index (χ4n) is 2.81. The van der Waals surface area contributed by atoms with Crippen molar-refractivity contribution in [3.63, 3.8) is 0 Å². The summed E-state index contributed by atoms with van der Waals surface area (Å²) in [6.45, 7) is 8.61. The molecule has 1 heterocycles. The Morgan fingerprint density at radius 3 is 2.95 bits per heavy atom. The molecule has 1 aliphatic rings. The van der Waals surface area contributed by atoms with Gasteiger partial charge in [0.2, 0.25) is 5.95 Å². The summed E-state index contributed by atoms with van der Waals surface area (Å²) in [6, 6.07) is 0.786. The molecule has 0 saturated heterocycles. The smallest absolute Gasteiger partial charge is 0.203 e. The maximum atomic E-state index is 4.51. The molecule has 2 rings (SSSR count). The van der Waals surface area contributed by atoms with Gasteiger partial charge >= 0.3 is 0 Å². The number of rotatable bonds is 7. The fraction of sp³-hybridized carbons (Fsp3) is 0.667. The van der Waals surface area contributed by atoms with Gasteiger partial charge in [-0.3, -0.25) is 0 Å². The van der Waals surface area contributed by atoms with Gasteiger partial charge < -0.3 is 14.8 Å². The first kappa shape index (κ1) is 14.1. The SMILES string of the molecule is C=CCNc1nc(C)cn1CCN(C)C1CCCC1. The van der Waals surface area contributed by atoms with Crippen molar-refractivity contribution in [2.45, 2.75) is 45.2 Å². The van der Waals surface area contributed by atoms with Gasteiger partial charge in [-0.2, -0.15) is 0 Å². The Hall–Kier alpha value is -1.29. The van der Waals surface area contributed by atoms with Gasteiger partial charge in [0, 0.05) is 31.9 Å². The molecule has 1 aromatic heterocycles. The Morgan fingerprint density at radius 1 is 1.53 bits per heavy atom. The van der Waals surface area contributed by atoms with E-state index in [1.165, 1.54) is 25.7 Å². The summed E-state index contributed by atoms with van der Waals surface area (Å²) >= 11 is 0. The molecular formula is C15H26N4. The van der Waals surface area contributed by atoms with E-state index in [-0.39, 0.29) is 0 Å². The van der Waals surface area contributed by atoms with Gasteiger partial charge in [-0.25, -0.2) is 4.98 Å². The minimum Gasteiger partial charge on any atom is -0.352 e.